The Morgan fingerprint density at radius 3 is 2.26 bits per heavy atom. The van der Waals surface area contributed by atoms with E-state index in [0.29, 0.717) is 13.0 Å². The molecule has 0 saturated heterocycles. The van der Waals surface area contributed by atoms with Crippen LogP contribution in [-0.2, 0) is 4.79 Å². The molecule has 0 fully saturated rings. The highest BCUT2D eigenvalue weighted by molar-refractivity contribution is 5.75. The van der Waals surface area contributed by atoms with E-state index in [1.165, 1.54) is 0 Å². The van der Waals surface area contributed by atoms with Gasteiger partial charge in [0, 0.05) is 0 Å². The quantitative estimate of drug-likeness (QED) is 0.630. The van der Waals surface area contributed by atoms with Crippen molar-refractivity contribution in [3.05, 3.63) is 35.4 Å². The van der Waals surface area contributed by atoms with Gasteiger partial charge in [0.2, 0.25) is 0 Å². The van der Waals surface area contributed by atoms with Crippen LogP contribution in [-0.4, -0.2) is 22.7 Å². The molecule has 0 bridgehead atoms. The molecule has 0 aromatic heterocycles. The molecule has 0 saturated carbocycles. The lowest BCUT2D eigenvalue weighted by atomic mass is 9.97. The van der Waals surface area contributed by atoms with E-state index in [1.54, 1.807) is 19.1 Å². The lowest BCUT2D eigenvalue weighted by molar-refractivity contribution is -0.138. The zero-order chi connectivity index (χ0) is 14.3. The van der Waals surface area contributed by atoms with E-state index in [-0.39, 0.29) is 0 Å². The Morgan fingerprint density at radius 1 is 1.16 bits per heavy atom. The van der Waals surface area contributed by atoms with Crippen LogP contribution in [0.25, 0.3) is 0 Å². The molecule has 1 aromatic carbocycles. The molecule has 0 amide bonds. The van der Waals surface area contributed by atoms with Crippen LogP contribution in [0, 0.1) is 0 Å². The first-order chi connectivity index (χ1) is 9.06. The summed E-state index contributed by atoms with van der Waals surface area (Å²) in [6.45, 7) is 2.35. The van der Waals surface area contributed by atoms with Crippen molar-refractivity contribution in [3.63, 3.8) is 0 Å². The van der Waals surface area contributed by atoms with Crippen LogP contribution in [0.4, 0.5) is 0 Å². The molecule has 0 spiro atoms. The lowest BCUT2D eigenvalue weighted by Gasteiger charge is -2.12. The van der Waals surface area contributed by atoms with Gasteiger partial charge in [-0.15, -0.1) is 0 Å². The summed E-state index contributed by atoms with van der Waals surface area (Å²) in [5, 5.41) is 18.9. The average Bonchev–Trinajstić information content (AvgIpc) is 2.42. The smallest absolute Gasteiger partial charge is 0.310 e. The molecule has 0 heterocycles. The molecule has 0 radical (unpaired) electrons. The summed E-state index contributed by atoms with van der Waals surface area (Å²) in [6, 6.07) is 7.17. The molecule has 2 unspecified atom stereocenters. The maximum atomic E-state index is 10.9. The number of aliphatic hydroxyl groups is 1. The van der Waals surface area contributed by atoms with Crippen molar-refractivity contribution in [2.24, 2.45) is 5.73 Å². The minimum atomic E-state index is -0.838. The SMILES string of the molecule is CC(C(=O)O)c1ccc(C(O)CCCCCN)cc1. The predicted molar refractivity (Wildman–Crippen MR) is 75.0 cm³/mol. The summed E-state index contributed by atoms with van der Waals surface area (Å²) in [5.41, 5.74) is 7.01. The van der Waals surface area contributed by atoms with Gasteiger partial charge in [-0.25, -0.2) is 0 Å². The van der Waals surface area contributed by atoms with Crippen LogP contribution < -0.4 is 5.73 Å². The van der Waals surface area contributed by atoms with Gasteiger partial charge in [-0.1, -0.05) is 37.1 Å². The number of aliphatic hydroxyl groups excluding tert-OH is 1. The van der Waals surface area contributed by atoms with E-state index >= 15 is 0 Å². The number of nitrogens with two attached hydrogens (primary N) is 1. The molecule has 4 nitrogen and oxygen atoms in total. The first-order valence-corrected chi connectivity index (χ1v) is 6.77. The fourth-order valence-corrected chi connectivity index (χ4v) is 1.97. The number of unbranched alkanes of at least 4 members (excludes halogenated alkanes) is 2. The third kappa shape index (κ3) is 5.01. The van der Waals surface area contributed by atoms with E-state index in [0.717, 1.165) is 30.4 Å². The molecule has 4 N–H and O–H groups in total. The highest BCUT2D eigenvalue weighted by Gasteiger charge is 2.14. The van der Waals surface area contributed by atoms with E-state index in [2.05, 4.69) is 0 Å². The molecule has 4 heteroatoms. The Hall–Kier alpha value is -1.39. The first kappa shape index (κ1) is 15.7. The highest BCUT2D eigenvalue weighted by Crippen LogP contribution is 2.22. The number of hydrogen-bond donors (Lipinski definition) is 3. The molecule has 1 rings (SSSR count). The molecule has 19 heavy (non-hydrogen) atoms. The van der Waals surface area contributed by atoms with Crippen LogP contribution in [0.3, 0.4) is 0 Å². The van der Waals surface area contributed by atoms with Crippen LogP contribution in [0.5, 0.6) is 0 Å². The average molecular weight is 265 g/mol. The topological polar surface area (TPSA) is 83.5 Å². The number of benzene rings is 1. The van der Waals surface area contributed by atoms with Crippen LogP contribution in [0.1, 0.15) is 55.8 Å². The van der Waals surface area contributed by atoms with Crippen molar-refractivity contribution >= 4 is 5.97 Å². The summed E-state index contributed by atoms with van der Waals surface area (Å²) < 4.78 is 0. The van der Waals surface area contributed by atoms with Crippen molar-refractivity contribution in [2.75, 3.05) is 6.54 Å². The maximum absolute atomic E-state index is 10.9. The van der Waals surface area contributed by atoms with Crippen molar-refractivity contribution < 1.29 is 15.0 Å². The normalized spacial score (nSPS) is 14.1. The number of rotatable bonds is 8. The van der Waals surface area contributed by atoms with E-state index < -0.39 is 18.0 Å². The molecule has 0 aliphatic heterocycles. The second-order valence-corrected chi connectivity index (χ2v) is 4.88. The molecule has 0 aliphatic carbocycles. The zero-order valence-corrected chi connectivity index (χ0v) is 11.4. The molecular formula is C15H23NO3. The molecule has 1 aromatic rings. The summed E-state index contributed by atoms with van der Waals surface area (Å²) >= 11 is 0. The molecule has 106 valence electrons. The van der Waals surface area contributed by atoms with Crippen LogP contribution >= 0.6 is 0 Å². The van der Waals surface area contributed by atoms with Crippen molar-refractivity contribution in [1.82, 2.24) is 0 Å². The second kappa shape index (κ2) is 7.92. The summed E-state index contributed by atoms with van der Waals surface area (Å²) in [6.07, 6.45) is 3.20. The third-order valence-electron chi connectivity index (χ3n) is 3.37. The number of carbonyl (C=O) groups is 1. The Morgan fingerprint density at radius 2 is 1.74 bits per heavy atom. The lowest BCUT2D eigenvalue weighted by Crippen LogP contribution is -2.07. The van der Waals surface area contributed by atoms with Gasteiger partial charge in [-0.3, -0.25) is 4.79 Å². The van der Waals surface area contributed by atoms with Gasteiger partial charge in [0.25, 0.3) is 0 Å². The van der Waals surface area contributed by atoms with E-state index in [9.17, 15) is 9.90 Å². The fourth-order valence-electron chi connectivity index (χ4n) is 1.97. The molecule has 2 atom stereocenters. The highest BCUT2D eigenvalue weighted by atomic mass is 16.4. The van der Waals surface area contributed by atoms with Crippen LogP contribution in [0.15, 0.2) is 24.3 Å². The summed E-state index contributed by atoms with van der Waals surface area (Å²) in [4.78, 5) is 10.9. The second-order valence-electron chi connectivity index (χ2n) is 4.88. The van der Waals surface area contributed by atoms with Gasteiger partial charge in [0.15, 0.2) is 0 Å². The van der Waals surface area contributed by atoms with Gasteiger partial charge >= 0.3 is 5.97 Å². The number of carboxylic acids is 1. The monoisotopic (exact) mass is 265 g/mol. The minimum absolute atomic E-state index is 0.480. The van der Waals surface area contributed by atoms with Crippen molar-refractivity contribution in [2.45, 2.75) is 44.6 Å². The van der Waals surface area contributed by atoms with E-state index in [1.807, 2.05) is 12.1 Å². The first-order valence-electron chi connectivity index (χ1n) is 6.77. The van der Waals surface area contributed by atoms with Gasteiger partial charge < -0.3 is 15.9 Å². The Labute approximate surface area is 114 Å². The largest absolute Gasteiger partial charge is 0.481 e. The van der Waals surface area contributed by atoms with Crippen molar-refractivity contribution in [1.29, 1.82) is 0 Å². The van der Waals surface area contributed by atoms with Gasteiger partial charge in [-0.2, -0.15) is 0 Å². The maximum Gasteiger partial charge on any atom is 0.310 e. The number of carboxylic acid groups (broad SMARTS) is 1. The molecular weight excluding hydrogens is 242 g/mol. The van der Waals surface area contributed by atoms with Gasteiger partial charge in [0.05, 0.1) is 12.0 Å². The summed E-state index contributed by atoms with van der Waals surface area (Å²) in [5.74, 6) is -1.36. The standard InChI is InChI=1S/C15H23NO3/c1-11(15(18)19)12-6-8-13(9-7-12)14(17)5-3-2-4-10-16/h6-9,11,14,17H,2-5,10,16H2,1H3,(H,18,19). The fraction of sp³-hybridized carbons (Fsp3) is 0.533. The van der Waals surface area contributed by atoms with Gasteiger partial charge in [-0.05, 0) is 37.4 Å². The predicted octanol–water partition coefficient (Wildman–Crippen LogP) is 2.43. The zero-order valence-electron chi connectivity index (χ0n) is 11.4. The van der Waals surface area contributed by atoms with Crippen molar-refractivity contribution in [3.8, 4) is 0 Å². The minimum Gasteiger partial charge on any atom is -0.481 e. The Balaban J connectivity index is 2.53. The van der Waals surface area contributed by atoms with E-state index in [4.69, 9.17) is 10.8 Å². The van der Waals surface area contributed by atoms with Crippen LogP contribution in [0.2, 0.25) is 0 Å². The number of hydrogen-bond acceptors (Lipinski definition) is 3. The summed E-state index contributed by atoms with van der Waals surface area (Å²) in [7, 11) is 0. The molecule has 0 aliphatic rings. The number of aliphatic carboxylic acids is 1. The third-order valence-corrected chi connectivity index (χ3v) is 3.37. The Bertz CT molecular complexity index is 389. The van der Waals surface area contributed by atoms with Gasteiger partial charge in [0.1, 0.15) is 0 Å². The Kier molecular flexibility index (Phi) is 6.53.